The minimum atomic E-state index is -0.857. The Balaban J connectivity index is 1.08. The second-order valence-corrected chi connectivity index (χ2v) is 13.9. The standard InChI is InChI=1S/C40H52N5O9PS/c46-32(28-54-55-49)27-52-20-7-18-41-37(47)12-5-6-13-38(48)44-26-31-8-1-2-9-34(31)39-40(35-10-3-4-11-36(35)44)45(43-42-39)19-21-50-22-23-51-24-25-53-33-16-14-30(29-56)15-17-33/h1-4,8-11,14-17,32,42-43,46,56H,5-7,12-13,18-29H2,(H,41,47). The molecule has 0 spiro atoms. The predicted octanol–water partition coefficient (Wildman–Crippen LogP) is 4.89. The van der Waals surface area contributed by atoms with Gasteiger partial charge in [0.15, 0.2) is 0 Å². The Labute approximate surface area is 335 Å². The van der Waals surface area contributed by atoms with Crippen LogP contribution in [0, 0.1) is 0 Å². The average Bonchev–Trinajstić information content (AvgIpc) is 3.63. The molecule has 3 aromatic rings. The molecule has 0 fully saturated rings. The van der Waals surface area contributed by atoms with Crippen molar-refractivity contribution in [3.05, 3.63) is 95.1 Å². The van der Waals surface area contributed by atoms with Crippen molar-refractivity contribution in [1.82, 2.24) is 21.3 Å². The van der Waals surface area contributed by atoms with Crippen molar-refractivity contribution in [1.29, 1.82) is 0 Å². The highest BCUT2D eigenvalue weighted by Crippen LogP contribution is 2.39. The fourth-order valence-corrected chi connectivity index (χ4v) is 6.71. The SMILES string of the molecule is O=POCC(O)COCCCNC(=O)CCCCC(=O)N1Cc2ccccc2C2=C(c3ccccc31)N(CCOCCOCCOc1ccc(CS)cc1)NN2. The molecule has 0 aromatic heterocycles. The Morgan fingerprint density at radius 3 is 2.38 bits per heavy atom. The Morgan fingerprint density at radius 2 is 1.57 bits per heavy atom. The fourth-order valence-electron chi connectivity index (χ4n) is 6.26. The van der Waals surface area contributed by atoms with E-state index in [1.807, 2.05) is 76.6 Å². The molecule has 0 aliphatic carbocycles. The van der Waals surface area contributed by atoms with Crippen molar-refractivity contribution in [2.75, 3.05) is 70.8 Å². The van der Waals surface area contributed by atoms with Crippen LogP contribution >= 0.6 is 21.3 Å². The second kappa shape index (κ2) is 23.9. The summed E-state index contributed by atoms with van der Waals surface area (Å²) in [4.78, 5) is 28.2. The minimum Gasteiger partial charge on any atom is -0.491 e. The summed E-state index contributed by atoms with van der Waals surface area (Å²) in [5, 5.41) is 14.5. The number of carbonyl (C=O) groups is 2. The molecule has 0 saturated carbocycles. The van der Waals surface area contributed by atoms with Gasteiger partial charge in [0.25, 0.3) is 0 Å². The third kappa shape index (κ3) is 13.3. The average molecular weight is 810 g/mol. The Bertz CT molecular complexity index is 1730. The van der Waals surface area contributed by atoms with Gasteiger partial charge >= 0.3 is 8.69 Å². The third-order valence-corrected chi connectivity index (χ3v) is 9.70. The van der Waals surface area contributed by atoms with Crippen LogP contribution in [0.3, 0.4) is 0 Å². The third-order valence-electron chi connectivity index (χ3n) is 9.08. The van der Waals surface area contributed by atoms with Crippen LogP contribution in [0.15, 0.2) is 72.8 Å². The van der Waals surface area contributed by atoms with Crippen LogP contribution in [-0.2, 0) is 45.2 Å². The number of para-hydroxylation sites is 1. The summed E-state index contributed by atoms with van der Waals surface area (Å²) in [7, 11) is -0.484. The number of nitrogens with zero attached hydrogens (tertiary/aromatic N) is 2. The van der Waals surface area contributed by atoms with Crippen molar-refractivity contribution in [2.24, 2.45) is 0 Å². The van der Waals surface area contributed by atoms with Gasteiger partial charge in [-0.15, -0.1) is 5.53 Å². The zero-order valence-electron chi connectivity index (χ0n) is 31.5. The highest BCUT2D eigenvalue weighted by Gasteiger charge is 2.32. The molecular formula is C40H52N5O9PS. The fraction of sp³-hybridized carbons (Fsp3) is 0.450. The summed E-state index contributed by atoms with van der Waals surface area (Å²) in [6.07, 6.45) is 1.49. The highest BCUT2D eigenvalue weighted by molar-refractivity contribution is 7.79. The summed E-state index contributed by atoms with van der Waals surface area (Å²) in [5.74, 6) is 1.40. The maximum atomic E-state index is 13.9. The van der Waals surface area contributed by atoms with Crippen molar-refractivity contribution < 1.29 is 42.7 Å². The molecule has 2 aliphatic heterocycles. The number of fused-ring (bicyclic) bond motifs is 4. The lowest BCUT2D eigenvalue weighted by Gasteiger charge is -2.31. The predicted molar refractivity (Wildman–Crippen MR) is 217 cm³/mol. The topological polar surface area (TPSA) is 160 Å². The number of unbranched alkanes of at least 4 members (excludes halogenated alkanes) is 1. The monoisotopic (exact) mass is 809 g/mol. The van der Waals surface area contributed by atoms with E-state index in [0.29, 0.717) is 97.1 Å². The first kappa shape index (κ1) is 43.1. The molecule has 2 aliphatic rings. The zero-order valence-corrected chi connectivity index (χ0v) is 33.3. The number of nitrogens with one attached hydrogen (secondary N) is 3. The maximum Gasteiger partial charge on any atom is 0.327 e. The molecule has 0 radical (unpaired) electrons. The molecule has 0 bridgehead atoms. The molecule has 3 aromatic carbocycles. The Kier molecular flexibility index (Phi) is 18.4. The maximum absolute atomic E-state index is 13.9. The van der Waals surface area contributed by atoms with Gasteiger partial charge in [-0.1, -0.05) is 54.6 Å². The number of thiol groups is 1. The first-order valence-electron chi connectivity index (χ1n) is 18.9. The number of hydrogen-bond acceptors (Lipinski definition) is 13. The highest BCUT2D eigenvalue weighted by atomic mass is 32.1. The molecule has 4 N–H and O–H groups in total. The molecule has 5 rings (SSSR count). The number of hydrazine groups is 2. The van der Waals surface area contributed by atoms with Crippen LogP contribution in [0.5, 0.6) is 5.75 Å². The van der Waals surface area contributed by atoms with Gasteiger partial charge in [0.05, 0.1) is 69.8 Å². The van der Waals surface area contributed by atoms with E-state index in [-0.39, 0.29) is 25.0 Å². The molecule has 14 nitrogen and oxygen atoms in total. The number of amides is 2. The van der Waals surface area contributed by atoms with Gasteiger partial charge in [0.1, 0.15) is 18.5 Å². The van der Waals surface area contributed by atoms with E-state index in [0.717, 1.165) is 45.1 Å². The molecular weight excluding hydrogens is 758 g/mol. The number of aliphatic hydroxyl groups is 1. The molecule has 1 unspecified atom stereocenters. The number of carbonyl (C=O) groups excluding carboxylic acids is 2. The lowest BCUT2D eigenvalue weighted by atomic mass is 9.95. The normalized spacial score (nSPS) is 14.0. The molecule has 0 saturated heterocycles. The van der Waals surface area contributed by atoms with Gasteiger partial charge in [0, 0.05) is 42.9 Å². The van der Waals surface area contributed by atoms with E-state index < -0.39 is 14.8 Å². The number of anilines is 1. The quantitative estimate of drug-likeness (QED) is 0.0449. The van der Waals surface area contributed by atoms with E-state index in [4.69, 9.17) is 18.9 Å². The van der Waals surface area contributed by atoms with E-state index >= 15 is 0 Å². The summed E-state index contributed by atoms with van der Waals surface area (Å²) < 4.78 is 37.6. The summed E-state index contributed by atoms with van der Waals surface area (Å²) >= 11 is 4.28. The summed E-state index contributed by atoms with van der Waals surface area (Å²) in [6, 6.07) is 23.9. The van der Waals surface area contributed by atoms with Gasteiger partial charge in [-0.05, 0) is 48.6 Å². The van der Waals surface area contributed by atoms with E-state index in [2.05, 4.69) is 39.5 Å². The number of hydrogen-bond donors (Lipinski definition) is 5. The summed E-state index contributed by atoms with van der Waals surface area (Å²) in [5.41, 5.74) is 13.5. The molecule has 56 heavy (non-hydrogen) atoms. The smallest absolute Gasteiger partial charge is 0.327 e. The van der Waals surface area contributed by atoms with E-state index in [1.54, 1.807) is 0 Å². The van der Waals surface area contributed by atoms with Crippen molar-refractivity contribution in [3.8, 4) is 5.75 Å². The van der Waals surface area contributed by atoms with E-state index in [1.165, 1.54) is 0 Å². The zero-order chi connectivity index (χ0) is 39.4. The molecule has 16 heteroatoms. The van der Waals surface area contributed by atoms with Gasteiger partial charge < -0.3 is 39.7 Å². The van der Waals surface area contributed by atoms with Crippen molar-refractivity contribution in [2.45, 2.75) is 50.5 Å². The first-order chi connectivity index (χ1) is 27.5. The number of benzene rings is 3. The number of ether oxygens (including phenoxy) is 4. The van der Waals surface area contributed by atoms with Crippen LogP contribution in [0.25, 0.3) is 11.4 Å². The van der Waals surface area contributed by atoms with Crippen LogP contribution < -0.4 is 25.9 Å². The molecule has 2 amide bonds. The van der Waals surface area contributed by atoms with Crippen LogP contribution in [0.4, 0.5) is 5.69 Å². The summed E-state index contributed by atoms with van der Waals surface area (Å²) in [6.45, 7) is 3.98. The largest absolute Gasteiger partial charge is 0.491 e. The van der Waals surface area contributed by atoms with Gasteiger partial charge in [0.2, 0.25) is 11.8 Å². The van der Waals surface area contributed by atoms with E-state index in [9.17, 15) is 19.3 Å². The van der Waals surface area contributed by atoms with Crippen LogP contribution in [0.1, 0.15) is 54.4 Å². The Morgan fingerprint density at radius 1 is 0.839 bits per heavy atom. The van der Waals surface area contributed by atoms with Gasteiger partial charge in [-0.25, -0.2) is 4.57 Å². The van der Waals surface area contributed by atoms with Crippen molar-refractivity contribution >= 4 is 50.2 Å². The lowest BCUT2D eigenvalue weighted by Crippen LogP contribution is -2.39. The van der Waals surface area contributed by atoms with Crippen molar-refractivity contribution in [3.63, 3.8) is 0 Å². The molecule has 1 atom stereocenters. The minimum absolute atomic E-state index is 0.0122. The second-order valence-electron chi connectivity index (χ2n) is 13.2. The van der Waals surface area contributed by atoms with Gasteiger partial charge in [-0.2, -0.15) is 12.6 Å². The van der Waals surface area contributed by atoms with Gasteiger partial charge in [-0.3, -0.25) is 19.1 Å². The number of rotatable bonds is 25. The Hall–Kier alpha value is -4.05. The first-order valence-corrected chi connectivity index (χ1v) is 20.3. The molecule has 2 heterocycles. The molecule has 302 valence electrons. The lowest BCUT2D eigenvalue weighted by molar-refractivity contribution is -0.122. The van der Waals surface area contributed by atoms with Crippen LogP contribution in [-0.4, -0.2) is 94.0 Å². The number of aliphatic hydroxyl groups excluding tert-OH is 1. The van der Waals surface area contributed by atoms with Crippen LogP contribution in [0.2, 0.25) is 0 Å².